The molecule has 2 heterocycles. The summed E-state index contributed by atoms with van der Waals surface area (Å²) in [5.74, 6) is 0. The molecule has 0 bridgehead atoms. The molecule has 0 N–H and O–H groups in total. The molecule has 2 rings (SSSR count). The average molecular weight is 252 g/mol. The highest BCUT2D eigenvalue weighted by atomic mass is 16.7. The Labute approximate surface area is 112 Å². The van der Waals surface area contributed by atoms with E-state index in [0.29, 0.717) is 0 Å². The Morgan fingerprint density at radius 2 is 1.22 bits per heavy atom. The Balaban J connectivity index is 2.22. The molecule has 3 nitrogen and oxygen atoms in total. The van der Waals surface area contributed by atoms with Gasteiger partial charge < -0.3 is 14.0 Å². The largest absolute Gasteiger partial charge is 0.447 e. The SMILES string of the molecule is CC1(C)COB(B2OC(C)(C)C(C)(C)O2)C1(C)C. The van der Waals surface area contributed by atoms with Crippen molar-refractivity contribution in [2.75, 3.05) is 6.61 Å². The maximum Gasteiger partial charge on any atom is 0.447 e. The van der Waals surface area contributed by atoms with Crippen molar-refractivity contribution in [1.82, 2.24) is 0 Å². The molecule has 0 unspecified atom stereocenters. The van der Waals surface area contributed by atoms with Crippen LogP contribution in [0.25, 0.3) is 0 Å². The molecule has 0 aromatic rings. The first kappa shape index (κ1) is 14.4. The van der Waals surface area contributed by atoms with Gasteiger partial charge in [-0.1, -0.05) is 27.7 Å². The predicted molar refractivity (Wildman–Crippen MR) is 75.6 cm³/mol. The van der Waals surface area contributed by atoms with Crippen molar-refractivity contribution in [3.05, 3.63) is 0 Å². The smallest absolute Gasteiger partial charge is 0.436 e. The van der Waals surface area contributed by atoms with Crippen molar-refractivity contribution in [3.8, 4) is 0 Å². The van der Waals surface area contributed by atoms with Crippen molar-refractivity contribution in [2.24, 2.45) is 5.41 Å². The Morgan fingerprint density at radius 1 is 0.778 bits per heavy atom. The fourth-order valence-electron chi connectivity index (χ4n) is 2.51. The van der Waals surface area contributed by atoms with Crippen molar-refractivity contribution in [3.63, 3.8) is 0 Å². The van der Waals surface area contributed by atoms with E-state index in [9.17, 15) is 0 Å². The summed E-state index contributed by atoms with van der Waals surface area (Å²) in [6, 6.07) is 0. The maximum atomic E-state index is 6.13. The molecule has 0 aromatic carbocycles. The van der Waals surface area contributed by atoms with Gasteiger partial charge in [-0.3, -0.25) is 0 Å². The molecular formula is C13H26B2O3. The molecule has 2 fully saturated rings. The average Bonchev–Trinajstić information content (AvgIpc) is 2.46. The minimum atomic E-state index is -0.288. The van der Waals surface area contributed by atoms with Crippen LogP contribution in [-0.4, -0.2) is 31.6 Å². The van der Waals surface area contributed by atoms with Crippen LogP contribution in [0.4, 0.5) is 0 Å². The van der Waals surface area contributed by atoms with E-state index >= 15 is 0 Å². The van der Waals surface area contributed by atoms with Crippen LogP contribution in [0.1, 0.15) is 55.4 Å². The molecule has 0 aliphatic carbocycles. The van der Waals surface area contributed by atoms with Crippen molar-refractivity contribution >= 4 is 13.8 Å². The molecule has 102 valence electrons. The first-order chi connectivity index (χ1) is 7.91. The quantitative estimate of drug-likeness (QED) is 0.671. The molecule has 18 heavy (non-hydrogen) atoms. The summed E-state index contributed by atoms with van der Waals surface area (Å²) in [6.07, 6.45) is 0. The van der Waals surface area contributed by atoms with E-state index in [1.54, 1.807) is 0 Å². The minimum Gasteiger partial charge on any atom is -0.436 e. The van der Waals surface area contributed by atoms with Crippen LogP contribution in [-0.2, 0) is 14.0 Å². The molecule has 0 spiro atoms. The van der Waals surface area contributed by atoms with Gasteiger partial charge in [0.25, 0.3) is 0 Å². The van der Waals surface area contributed by atoms with Gasteiger partial charge in [-0.05, 0) is 38.4 Å². The van der Waals surface area contributed by atoms with E-state index < -0.39 is 0 Å². The highest BCUT2D eigenvalue weighted by Gasteiger charge is 2.64. The molecule has 0 aromatic heterocycles. The zero-order valence-corrected chi connectivity index (χ0v) is 13.1. The Morgan fingerprint density at radius 3 is 1.56 bits per heavy atom. The van der Waals surface area contributed by atoms with Crippen LogP contribution in [0.5, 0.6) is 0 Å². The summed E-state index contributed by atoms with van der Waals surface area (Å²) in [5, 5.41) is 0.0359. The number of hydrogen-bond acceptors (Lipinski definition) is 3. The number of rotatable bonds is 1. The van der Waals surface area contributed by atoms with Gasteiger partial charge in [0.1, 0.15) is 0 Å². The van der Waals surface area contributed by atoms with E-state index in [1.807, 2.05) is 0 Å². The third-order valence-electron chi connectivity index (χ3n) is 5.60. The summed E-state index contributed by atoms with van der Waals surface area (Å²) in [5.41, 5.74) is -0.436. The first-order valence-corrected chi connectivity index (χ1v) is 6.88. The van der Waals surface area contributed by atoms with Gasteiger partial charge in [0.2, 0.25) is 0 Å². The minimum absolute atomic E-state index is 0.00597. The fourth-order valence-corrected chi connectivity index (χ4v) is 2.51. The monoisotopic (exact) mass is 252 g/mol. The number of hydrogen-bond donors (Lipinski definition) is 0. The summed E-state index contributed by atoms with van der Waals surface area (Å²) in [7, 11) is -0.272. The topological polar surface area (TPSA) is 27.7 Å². The normalized spacial score (nSPS) is 32.0. The van der Waals surface area contributed by atoms with Crippen LogP contribution >= 0.6 is 0 Å². The second kappa shape index (κ2) is 3.77. The van der Waals surface area contributed by atoms with Gasteiger partial charge in [-0.2, -0.15) is 0 Å². The molecular weight excluding hydrogens is 226 g/mol. The first-order valence-electron chi connectivity index (χ1n) is 6.88. The van der Waals surface area contributed by atoms with Gasteiger partial charge in [-0.15, -0.1) is 0 Å². The highest BCUT2D eigenvalue weighted by molar-refractivity contribution is 7.15. The molecule has 2 aliphatic rings. The molecule has 0 amide bonds. The molecule has 2 saturated heterocycles. The van der Waals surface area contributed by atoms with Gasteiger partial charge in [-0.25, -0.2) is 0 Å². The fraction of sp³-hybridized carbons (Fsp3) is 1.00. The van der Waals surface area contributed by atoms with Gasteiger partial charge in [0, 0.05) is 6.61 Å². The van der Waals surface area contributed by atoms with E-state index in [1.165, 1.54) is 0 Å². The zero-order valence-electron chi connectivity index (χ0n) is 13.1. The maximum absolute atomic E-state index is 6.13. The van der Waals surface area contributed by atoms with Gasteiger partial charge >= 0.3 is 13.8 Å². The molecule has 5 heteroatoms. The van der Waals surface area contributed by atoms with E-state index in [0.717, 1.165) is 6.61 Å². The third-order valence-corrected chi connectivity index (χ3v) is 5.60. The Bertz CT molecular complexity index is 334. The van der Waals surface area contributed by atoms with E-state index in [2.05, 4.69) is 55.4 Å². The second-order valence-corrected chi connectivity index (χ2v) is 7.96. The van der Waals surface area contributed by atoms with Gasteiger partial charge in [0.15, 0.2) is 0 Å². The van der Waals surface area contributed by atoms with Crippen molar-refractivity contribution in [2.45, 2.75) is 71.9 Å². The lowest BCUT2D eigenvalue weighted by Gasteiger charge is -2.35. The van der Waals surface area contributed by atoms with E-state index in [-0.39, 0.29) is 35.7 Å². The summed E-state index contributed by atoms with van der Waals surface area (Å²) >= 11 is 0. The van der Waals surface area contributed by atoms with Crippen LogP contribution in [0, 0.1) is 5.41 Å². The van der Waals surface area contributed by atoms with E-state index in [4.69, 9.17) is 14.0 Å². The van der Waals surface area contributed by atoms with Crippen LogP contribution in [0.15, 0.2) is 0 Å². The standard InChI is InChI=1S/C13H26B2O3/c1-10(2)9-16-14(11(10,3)4)15-17-12(5,6)13(7,8)18-15/h9H2,1-8H3. The summed E-state index contributed by atoms with van der Waals surface area (Å²) < 4.78 is 18.3. The van der Waals surface area contributed by atoms with Crippen LogP contribution in [0.3, 0.4) is 0 Å². The molecule has 0 saturated carbocycles. The third kappa shape index (κ3) is 1.86. The molecule has 0 atom stereocenters. The lowest BCUT2D eigenvalue weighted by molar-refractivity contribution is 0.00578. The Hall–Kier alpha value is 0.00987. The summed E-state index contributed by atoms with van der Waals surface area (Å²) in [6.45, 7) is 18.1. The second-order valence-electron chi connectivity index (χ2n) is 7.96. The lowest BCUT2D eigenvalue weighted by atomic mass is 9.23. The summed E-state index contributed by atoms with van der Waals surface area (Å²) in [4.78, 5) is 0. The zero-order chi connectivity index (χ0) is 14.0. The molecule has 2 aliphatic heterocycles. The lowest BCUT2D eigenvalue weighted by Crippen LogP contribution is -2.47. The van der Waals surface area contributed by atoms with Crippen LogP contribution < -0.4 is 0 Å². The Kier molecular flexibility index (Phi) is 3.02. The van der Waals surface area contributed by atoms with Crippen molar-refractivity contribution in [1.29, 1.82) is 0 Å². The van der Waals surface area contributed by atoms with Crippen molar-refractivity contribution < 1.29 is 14.0 Å². The molecule has 0 radical (unpaired) electrons. The van der Waals surface area contributed by atoms with Crippen LogP contribution in [0.2, 0.25) is 5.31 Å². The van der Waals surface area contributed by atoms with Gasteiger partial charge in [0.05, 0.1) is 11.2 Å². The highest BCUT2D eigenvalue weighted by Crippen LogP contribution is 2.55. The predicted octanol–water partition coefficient (Wildman–Crippen LogP) is 2.99.